The van der Waals surface area contributed by atoms with E-state index in [0.29, 0.717) is 41.9 Å². The molecule has 31 heavy (non-hydrogen) atoms. The van der Waals surface area contributed by atoms with E-state index in [0.717, 1.165) is 12.8 Å². The maximum Gasteiger partial charge on any atom is 0.130 e. The van der Waals surface area contributed by atoms with Crippen molar-refractivity contribution in [1.82, 2.24) is 0 Å². The minimum atomic E-state index is -0.439. The molecule has 3 heteroatoms. The van der Waals surface area contributed by atoms with Crippen molar-refractivity contribution in [2.24, 2.45) is 46.3 Å². The van der Waals surface area contributed by atoms with Gasteiger partial charge < -0.3 is 5.11 Å². The molecule has 2 spiro atoms. The summed E-state index contributed by atoms with van der Waals surface area (Å²) in [6.45, 7) is 14.4. The van der Waals surface area contributed by atoms with E-state index in [1.807, 2.05) is 0 Å². The Morgan fingerprint density at radius 2 is 1.68 bits per heavy atom. The van der Waals surface area contributed by atoms with Crippen LogP contribution in [0.1, 0.15) is 86.5 Å². The van der Waals surface area contributed by atoms with Gasteiger partial charge in [0, 0.05) is 23.7 Å². The van der Waals surface area contributed by atoms with E-state index in [-0.39, 0.29) is 22.5 Å². The Kier molecular flexibility index (Phi) is 5.13. The predicted molar refractivity (Wildman–Crippen MR) is 124 cm³/mol. The van der Waals surface area contributed by atoms with E-state index in [1.165, 1.54) is 25.7 Å². The summed E-state index contributed by atoms with van der Waals surface area (Å²) in [5.74, 6) is 3.64. The molecule has 4 aliphatic carbocycles. The molecule has 2 bridgehead atoms. The van der Waals surface area contributed by atoms with Crippen molar-refractivity contribution >= 4 is 0 Å². The zero-order chi connectivity index (χ0) is 22.2. The van der Waals surface area contributed by atoms with Gasteiger partial charge >= 0.3 is 0 Å². The lowest BCUT2D eigenvalue weighted by atomic mass is 9.43. The molecule has 3 nitrogen and oxygen atoms in total. The molecule has 4 fully saturated rings. The minimum Gasteiger partial charge on any atom is -0.393 e. The average Bonchev–Trinajstić information content (AvgIpc) is 3.09. The first-order valence-corrected chi connectivity index (χ1v) is 13.0. The standard InChI is InChI=1S/C28H44O3/c1-18(2)19(3)7-8-20(4)22-9-10-23-25(22,5)13-12-24-26(6)14-11-21(29)17-27(26)15-16-28(23,24)31-30-27/h7-8,15-16,18-24,29H,9-14,17H2,1-6H3/b8-7+/t19-,20-,21+,22-,23-,24-,25-,26-,27+,28-/m1/s1. The summed E-state index contributed by atoms with van der Waals surface area (Å²) >= 11 is 0. The molecule has 174 valence electrons. The highest BCUT2D eigenvalue weighted by Crippen LogP contribution is 2.72. The highest BCUT2D eigenvalue weighted by Gasteiger charge is 2.74. The van der Waals surface area contributed by atoms with Gasteiger partial charge in [0.2, 0.25) is 0 Å². The van der Waals surface area contributed by atoms with Gasteiger partial charge in [0.1, 0.15) is 11.2 Å². The Hall–Kier alpha value is -0.640. The van der Waals surface area contributed by atoms with Gasteiger partial charge in [-0.3, -0.25) is 0 Å². The third kappa shape index (κ3) is 2.88. The van der Waals surface area contributed by atoms with Gasteiger partial charge in [-0.05, 0) is 73.7 Å². The number of fused-ring (bicyclic) bond motifs is 2. The summed E-state index contributed by atoms with van der Waals surface area (Å²) in [6, 6.07) is 0. The van der Waals surface area contributed by atoms with Gasteiger partial charge in [0.25, 0.3) is 0 Å². The van der Waals surface area contributed by atoms with Crippen LogP contribution in [0.2, 0.25) is 0 Å². The molecule has 3 saturated carbocycles. The number of rotatable bonds is 4. The van der Waals surface area contributed by atoms with Crippen LogP contribution in [0.3, 0.4) is 0 Å². The number of allylic oxidation sites excluding steroid dienone is 2. The first kappa shape index (κ1) is 22.2. The first-order chi connectivity index (χ1) is 14.6. The van der Waals surface area contributed by atoms with Gasteiger partial charge in [-0.2, -0.15) is 0 Å². The summed E-state index contributed by atoms with van der Waals surface area (Å²) in [5, 5.41) is 10.4. The van der Waals surface area contributed by atoms with Crippen molar-refractivity contribution in [3.05, 3.63) is 24.3 Å². The Morgan fingerprint density at radius 1 is 0.903 bits per heavy atom. The molecule has 6 rings (SSSR count). The number of hydrogen-bond acceptors (Lipinski definition) is 3. The van der Waals surface area contributed by atoms with Gasteiger partial charge in [-0.1, -0.05) is 59.8 Å². The van der Waals surface area contributed by atoms with Crippen LogP contribution in [0.5, 0.6) is 0 Å². The lowest BCUT2D eigenvalue weighted by molar-refractivity contribution is -0.497. The first-order valence-electron chi connectivity index (χ1n) is 13.0. The molecule has 2 heterocycles. The smallest absolute Gasteiger partial charge is 0.130 e. The number of aliphatic hydroxyl groups is 1. The second-order valence-electron chi connectivity index (χ2n) is 12.7. The second-order valence-corrected chi connectivity index (χ2v) is 12.7. The van der Waals surface area contributed by atoms with Crippen molar-refractivity contribution in [3.8, 4) is 0 Å². The SMILES string of the molecule is CC(C)[C@H](C)/C=C/[C@@H](C)[C@H]1CC[C@@H]2[C@]1(C)CC[C@H]1[C@@]23C=C[C@@]2(C[C@@H](O)CC[C@]12C)OO3. The topological polar surface area (TPSA) is 38.7 Å². The van der Waals surface area contributed by atoms with Crippen molar-refractivity contribution in [2.75, 3.05) is 0 Å². The molecule has 0 aromatic rings. The normalized spacial score (nSPS) is 52.8. The van der Waals surface area contributed by atoms with Gasteiger partial charge in [0.15, 0.2) is 0 Å². The molecule has 1 N–H and O–H groups in total. The molecule has 0 amide bonds. The summed E-state index contributed by atoms with van der Waals surface area (Å²) in [5.41, 5.74) is -0.366. The third-order valence-electron chi connectivity index (χ3n) is 11.1. The van der Waals surface area contributed by atoms with E-state index >= 15 is 0 Å². The lowest BCUT2D eigenvalue weighted by Crippen LogP contribution is -2.73. The van der Waals surface area contributed by atoms with Crippen LogP contribution in [0.15, 0.2) is 24.3 Å². The van der Waals surface area contributed by atoms with Gasteiger partial charge in [-0.25, -0.2) is 9.78 Å². The van der Waals surface area contributed by atoms with Crippen LogP contribution in [-0.4, -0.2) is 22.4 Å². The van der Waals surface area contributed by atoms with Crippen molar-refractivity contribution in [1.29, 1.82) is 0 Å². The third-order valence-corrected chi connectivity index (χ3v) is 11.1. The monoisotopic (exact) mass is 428 g/mol. The maximum atomic E-state index is 10.4. The van der Waals surface area contributed by atoms with E-state index < -0.39 is 5.60 Å². The molecule has 0 aromatic carbocycles. The van der Waals surface area contributed by atoms with Gasteiger partial charge in [-0.15, -0.1) is 0 Å². The Labute approximate surface area is 189 Å². The molecule has 1 saturated heterocycles. The summed E-state index contributed by atoms with van der Waals surface area (Å²) in [6.07, 6.45) is 17.0. The van der Waals surface area contributed by atoms with E-state index in [1.54, 1.807) is 0 Å². The van der Waals surface area contributed by atoms with Crippen LogP contribution in [0.4, 0.5) is 0 Å². The van der Waals surface area contributed by atoms with Crippen molar-refractivity contribution in [3.63, 3.8) is 0 Å². The highest BCUT2D eigenvalue weighted by atomic mass is 17.2. The zero-order valence-electron chi connectivity index (χ0n) is 20.6. The lowest BCUT2D eigenvalue weighted by Gasteiger charge is -2.69. The molecular weight excluding hydrogens is 384 g/mol. The molecule has 6 aliphatic rings. The minimum absolute atomic E-state index is 0.0663. The van der Waals surface area contributed by atoms with E-state index in [2.05, 4.69) is 65.8 Å². The fraction of sp³-hybridized carbons (Fsp3) is 0.857. The largest absolute Gasteiger partial charge is 0.393 e. The van der Waals surface area contributed by atoms with E-state index in [4.69, 9.17) is 9.78 Å². The van der Waals surface area contributed by atoms with Crippen LogP contribution in [-0.2, 0) is 9.78 Å². The summed E-state index contributed by atoms with van der Waals surface area (Å²) < 4.78 is 0. The Balaban J connectivity index is 1.45. The zero-order valence-corrected chi connectivity index (χ0v) is 20.6. The molecule has 0 aromatic heterocycles. The van der Waals surface area contributed by atoms with Crippen LogP contribution in [0, 0.1) is 46.3 Å². The number of aliphatic hydroxyl groups excluding tert-OH is 1. The van der Waals surface area contributed by atoms with Gasteiger partial charge in [0.05, 0.1) is 6.10 Å². The molecule has 2 aliphatic heterocycles. The maximum absolute atomic E-state index is 10.4. The van der Waals surface area contributed by atoms with Crippen LogP contribution < -0.4 is 0 Å². The fourth-order valence-electron chi connectivity index (χ4n) is 8.71. The number of hydrogen-bond donors (Lipinski definition) is 1. The van der Waals surface area contributed by atoms with E-state index in [9.17, 15) is 5.11 Å². The average molecular weight is 429 g/mol. The summed E-state index contributed by atoms with van der Waals surface area (Å²) in [4.78, 5) is 12.8. The highest BCUT2D eigenvalue weighted by molar-refractivity contribution is 5.33. The summed E-state index contributed by atoms with van der Waals surface area (Å²) in [7, 11) is 0. The van der Waals surface area contributed by atoms with Crippen LogP contribution in [0.25, 0.3) is 0 Å². The Bertz CT molecular complexity index is 772. The molecule has 10 atom stereocenters. The van der Waals surface area contributed by atoms with Crippen molar-refractivity contribution < 1.29 is 14.9 Å². The molecule has 0 radical (unpaired) electrons. The molecular formula is C28H44O3. The van der Waals surface area contributed by atoms with Crippen molar-refractivity contribution in [2.45, 2.75) is 104 Å². The predicted octanol–water partition coefficient (Wildman–Crippen LogP) is 6.47. The second kappa shape index (κ2) is 7.18. The van der Waals surface area contributed by atoms with Crippen LogP contribution >= 0.6 is 0 Å². The Morgan fingerprint density at radius 3 is 2.35 bits per heavy atom. The quantitative estimate of drug-likeness (QED) is 0.412. The fourth-order valence-corrected chi connectivity index (χ4v) is 8.71. The molecule has 0 unspecified atom stereocenters.